The second-order valence-electron chi connectivity index (χ2n) is 3.54. The molecule has 2 N–H and O–H groups in total. The Morgan fingerprint density at radius 1 is 1.37 bits per heavy atom. The van der Waals surface area contributed by atoms with Crippen molar-refractivity contribution in [1.82, 2.24) is 4.72 Å². The molecule has 2 rings (SSSR count). The Bertz CT molecular complexity index is 678. The van der Waals surface area contributed by atoms with Gasteiger partial charge in [0.05, 0.1) is 3.79 Å². The lowest BCUT2D eigenvalue weighted by Gasteiger charge is -2.03. The first-order valence-electron chi connectivity index (χ1n) is 5.05. The van der Waals surface area contributed by atoms with E-state index in [1.54, 1.807) is 0 Å². The lowest BCUT2D eigenvalue weighted by Crippen LogP contribution is -2.22. The van der Waals surface area contributed by atoms with Crippen molar-refractivity contribution >= 4 is 53.2 Å². The van der Waals surface area contributed by atoms with Crippen LogP contribution in [0.5, 0.6) is 0 Å². The molecule has 0 aliphatic heterocycles. The maximum Gasteiger partial charge on any atom is 0.245 e. The molecule has 0 saturated heterocycles. The van der Waals surface area contributed by atoms with Crippen molar-refractivity contribution in [2.24, 2.45) is 0 Å². The fourth-order valence-electron chi connectivity index (χ4n) is 1.35. The van der Waals surface area contributed by atoms with Gasteiger partial charge in [-0.05, 0) is 44.0 Å². The summed E-state index contributed by atoms with van der Waals surface area (Å²) in [5.41, 5.74) is 0. The summed E-state index contributed by atoms with van der Waals surface area (Å²) < 4.78 is 32.7. The standard InChI is InChI=1S/C10H9Br2NO4S2/c11-9-2-1-7(18-9)4-13-19(15,16)8-3-6(5-14)17-10(8)12/h1-3,13-14H,4-5H2. The molecule has 0 aliphatic rings. The monoisotopic (exact) mass is 429 g/mol. The van der Waals surface area contributed by atoms with Crippen LogP contribution in [0.1, 0.15) is 10.6 Å². The molecule has 9 heteroatoms. The Hall–Kier alpha value is -0.190. The quantitative estimate of drug-likeness (QED) is 0.764. The van der Waals surface area contributed by atoms with Gasteiger partial charge in [-0.25, -0.2) is 13.1 Å². The fraction of sp³-hybridized carbons (Fsp3) is 0.200. The largest absolute Gasteiger partial charge is 0.450 e. The summed E-state index contributed by atoms with van der Waals surface area (Å²) in [7, 11) is -3.68. The number of rotatable bonds is 5. The van der Waals surface area contributed by atoms with Gasteiger partial charge < -0.3 is 9.52 Å². The lowest BCUT2D eigenvalue weighted by molar-refractivity contribution is 0.245. The van der Waals surface area contributed by atoms with Gasteiger partial charge >= 0.3 is 0 Å². The molecule has 0 spiro atoms. The highest BCUT2D eigenvalue weighted by Crippen LogP contribution is 2.27. The number of hydrogen-bond donors (Lipinski definition) is 2. The third-order valence-corrected chi connectivity index (χ3v) is 6.10. The first-order chi connectivity index (χ1) is 8.92. The van der Waals surface area contributed by atoms with E-state index < -0.39 is 10.0 Å². The van der Waals surface area contributed by atoms with E-state index in [4.69, 9.17) is 9.52 Å². The number of hydrogen-bond acceptors (Lipinski definition) is 5. The van der Waals surface area contributed by atoms with Crippen molar-refractivity contribution in [2.75, 3.05) is 0 Å². The van der Waals surface area contributed by atoms with E-state index in [9.17, 15) is 8.42 Å². The van der Waals surface area contributed by atoms with Crippen molar-refractivity contribution in [3.05, 3.63) is 37.3 Å². The second-order valence-corrected chi connectivity index (χ2v) is 8.54. The lowest BCUT2D eigenvalue weighted by atomic mass is 10.5. The Balaban J connectivity index is 2.15. The SMILES string of the molecule is O=S(=O)(NCc1ccc(Br)s1)c1cc(CO)oc1Br. The molecule has 19 heavy (non-hydrogen) atoms. The zero-order chi connectivity index (χ0) is 14.0. The average Bonchev–Trinajstić information content (AvgIpc) is 2.93. The first kappa shape index (κ1) is 15.2. The molecule has 0 aliphatic carbocycles. The van der Waals surface area contributed by atoms with Crippen molar-refractivity contribution in [1.29, 1.82) is 0 Å². The first-order valence-corrected chi connectivity index (χ1v) is 8.94. The van der Waals surface area contributed by atoms with E-state index in [-0.39, 0.29) is 28.5 Å². The predicted molar refractivity (Wildman–Crippen MR) is 78.4 cm³/mol. The second kappa shape index (κ2) is 6.06. The summed E-state index contributed by atoms with van der Waals surface area (Å²) in [5, 5.41) is 8.92. The molecule has 0 atom stereocenters. The molecule has 0 bridgehead atoms. The van der Waals surface area contributed by atoms with Crippen LogP contribution >= 0.6 is 43.2 Å². The topological polar surface area (TPSA) is 79.5 Å². The van der Waals surface area contributed by atoms with Crippen molar-refractivity contribution < 1.29 is 17.9 Å². The van der Waals surface area contributed by atoms with Gasteiger partial charge in [0.2, 0.25) is 10.0 Å². The van der Waals surface area contributed by atoms with E-state index in [0.29, 0.717) is 0 Å². The van der Waals surface area contributed by atoms with Crippen LogP contribution in [0.4, 0.5) is 0 Å². The number of nitrogens with one attached hydrogen (secondary N) is 1. The number of aliphatic hydroxyl groups excluding tert-OH is 1. The number of sulfonamides is 1. The van der Waals surface area contributed by atoms with E-state index in [2.05, 4.69) is 36.6 Å². The Morgan fingerprint density at radius 2 is 2.11 bits per heavy atom. The minimum absolute atomic E-state index is 0.0211. The molecule has 0 saturated carbocycles. The highest BCUT2D eigenvalue weighted by molar-refractivity contribution is 9.11. The van der Waals surface area contributed by atoms with Crippen molar-refractivity contribution in [3.8, 4) is 0 Å². The van der Waals surface area contributed by atoms with Gasteiger partial charge in [-0.15, -0.1) is 11.3 Å². The van der Waals surface area contributed by atoms with Crippen LogP contribution in [-0.2, 0) is 23.2 Å². The maximum absolute atomic E-state index is 12.1. The minimum Gasteiger partial charge on any atom is -0.450 e. The molecular weight excluding hydrogens is 422 g/mol. The molecule has 0 aromatic carbocycles. The van der Waals surface area contributed by atoms with Crippen LogP contribution in [0.3, 0.4) is 0 Å². The summed E-state index contributed by atoms with van der Waals surface area (Å²) in [5.74, 6) is 0.186. The van der Waals surface area contributed by atoms with Gasteiger partial charge in [-0.2, -0.15) is 0 Å². The molecule has 2 heterocycles. The molecule has 104 valence electrons. The number of thiophene rings is 1. The molecule has 0 radical (unpaired) electrons. The number of furan rings is 1. The summed E-state index contributed by atoms with van der Waals surface area (Å²) in [4.78, 5) is 0.865. The third-order valence-electron chi connectivity index (χ3n) is 2.22. The normalized spacial score (nSPS) is 11.9. The van der Waals surface area contributed by atoms with Gasteiger partial charge in [-0.3, -0.25) is 0 Å². The summed E-state index contributed by atoms with van der Waals surface area (Å²) in [6, 6.07) is 4.98. The van der Waals surface area contributed by atoms with Gasteiger partial charge in [-0.1, -0.05) is 0 Å². The van der Waals surface area contributed by atoms with Gasteiger partial charge in [0.25, 0.3) is 0 Å². The zero-order valence-electron chi connectivity index (χ0n) is 9.39. The molecule has 2 aromatic rings. The molecule has 2 aromatic heterocycles. The summed E-state index contributed by atoms with van der Waals surface area (Å²) in [6.07, 6.45) is 0. The Kier molecular flexibility index (Phi) is 4.85. The van der Waals surface area contributed by atoms with Gasteiger partial charge in [0, 0.05) is 17.5 Å². The molecule has 0 unspecified atom stereocenters. The molecule has 0 amide bonds. The number of aliphatic hydroxyl groups is 1. The van der Waals surface area contributed by atoms with Crippen molar-refractivity contribution in [2.45, 2.75) is 18.0 Å². The van der Waals surface area contributed by atoms with E-state index >= 15 is 0 Å². The van der Waals surface area contributed by atoms with Crippen LogP contribution < -0.4 is 4.72 Å². The highest BCUT2D eigenvalue weighted by atomic mass is 79.9. The molecule has 5 nitrogen and oxygen atoms in total. The summed E-state index contributed by atoms with van der Waals surface area (Å²) in [6.45, 7) is -0.156. The summed E-state index contributed by atoms with van der Waals surface area (Å²) >= 11 is 7.79. The minimum atomic E-state index is -3.68. The van der Waals surface area contributed by atoms with Crippen LogP contribution in [0.2, 0.25) is 0 Å². The average molecular weight is 431 g/mol. The predicted octanol–water partition coefficient (Wildman–Crippen LogP) is 2.84. The van der Waals surface area contributed by atoms with Crippen molar-refractivity contribution in [3.63, 3.8) is 0 Å². The molecule has 0 fully saturated rings. The highest BCUT2D eigenvalue weighted by Gasteiger charge is 2.22. The van der Waals surface area contributed by atoms with Crippen LogP contribution in [-0.4, -0.2) is 13.5 Å². The van der Waals surface area contributed by atoms with Gasteiger partial charge in [0.15, 0.2) is 4.67 Å². The van der Waals surface area contributed by atoms with Crippen LogP contribution in [0, 0.1) is 0 Å². The van der Waals surface area contributed by atoms with E-state index in [1.807, 2.05) is 12.1 Å². The van der Waals surface area contributed by atoms with Crippen LogP contribution in [0.15, 0.2) is 36.0 Å². The maximum atomic E-state index is 12.1. The third kappa shape index (κ3) is 3.67. The van der Waals surface area contributed by atoms with Gasteiger partial charge in [0.1, 0.15) is 17.3 Å². The molecular formula is C10H9Br2NO4S2. The Morgan fingerprint density at radius 3 is 2.63 bits per heavy atom. The zero-order valence-corrected chi connectivity index (χ0v) is 14.2. The van der Waals surface area contributed by atoms with E-state index in [0.717, 1.165) is 8.66 Å². The smallest absolute Gasteiger partial charge is 0.245 e. The Labute approximate surface area is 130 Å². The van der Waals surface area contributed by atoms with Crippen LogP contribution in [0.25, 0.3) is 0 Å². The number of halogens is 2. The fourth-order valence-corrected chi connectivity index (χ4v) is 4.87. The van der Waals surface area contributed by atoms with E-state index in [1.165, 1.54) is 17.4 Å².